The van der Waals surface area contributed by atoms with E-state index in [4.69, 9.17) is 10.5 Å². The normalized spacial score (nSPS) is 12.1. The fourth-order valence-electron chi connectivity index (χ4n) is 4.02. The van der Waals surface area contributed by atoms with Crippen molar-refractivity contribution in [2.24, 2.45) is 5.73 Å². The van der Waals surface area contributed by atoms with Crippen LogP contribution in [-0.4, -0.2) is 42.5 Å². The molecule has 0 aromatic heterocycles. The number of nitrogens with two attached hydrogens (primary N) is 1. The number of hydrogen-bond acceptors (Lipinski definition) is 3. The van der Waals surface area contributed by atoms with Crippen LogP contribution in [0, 0.1) is 0 Å². The zero-order chi connectivity index (χ0) is 23.9. The first kappa shape index (κ1) is 30.9. The van der Waals surface area contributed by atoms with E-state index in [-0.39, 0.29) is 5.91 Å². The molecule has 1 atom stereocenters. The summed E-state index contributed by atoms with van der Waals surface area (Å²) in [6.45, 7) is 8.46. The predicted octanol–water partition coefficient (Wildman–Crippen LogP) is 6.77. The van der Waals surface area contributed by atoms with Crippen molar-refractivity contribution in [2.75, 3.05) is 19.7 Å². The van der Waals surface area contributed by atoms with E-state index in [9.17, 15) is 9.59 Å². The Kier molecular flexibility index (Phi) is 22.3. The van der Waals surface area contributed by atoms with Crippen molar-refractivity contribution in [3.05, 3.63) is 0 Å². The van der Waals surface area contributed by atoms with Gasteiger partial charge in [0, 0.05) is 19.7 Å². The first-order valence-electron chi connectivity index (χ1n) is 13.8. The number of amides is 2. The molecule has 0 radical (unpaired) electrons. The van der Waals surface area contributed by atoms with Gasteiger partial charge in [-0.2, -0.15) is 0 Å². The van der Waals surface area contributed by atoms with Gasteiger partial charge >= 0.3 is 0 Å². The van der Waals surface area contributed by atoms with Gasteiger partial charge in [0.25, 0.3) is 11.8 Å². The third kappa shape index (κ3) is 17.5. The Hall–Kier alpha value is -1.10. The first-order chi connectivity index (χ1) is 15.6. The van der Waals surface area contributed by atoms with Crippen LogP contribution in [0.5, 0.6) is 0 Å². The van der Waals surface area contributed by atoms with Gasteiger partial charge in [0.05, 0.1) is 0 Å². The minimum atomic E-state index is -1.13. The van der Waals surface area contributed by atoms with E-state index in [2.05, 4.69) is 20.8 Å². The Morgan fingerprint density at radius 2 is 1.00 bits per heavy atom. The van der Waals surface area contributed by atoms with Crippen molar-refractivity contribution < 1.29 is 14.3 Å². The van der Waals surface area contributed by atoms with E-state index in [1.54, 1.807) is 0 Å². The Bertz CT molecular complexity index is 427. The van der Waals surface area contributed by atoms with Crippen LogP contribution < -0.4 is 5.73 Å². The SMILES string of the molecule is CCCCCCCCOC(C(N)=O)C(=O)N(CCCCCCCC)CCCCCCCC. The molecule has 190 valence electrons. The second-order valence-corrected chi connectivity index (χ2v) is 9.28. The number of ether oxygens (including phenoxy) is 1. The molecule has 0 aliphatic carbocycles. The molecule has 0 fully saturated rings. The maximum Gasteiger partial charge on any atom is 0.261 e. The first-order valence-corrected chi connectivity index (χ1v) is 13.8. The molecular formula is C27H54N2O3. The van der Waals surface area contributed by atoms with Crippen LogP contribution in [0.25, 0.3) is 0 Å². The average Bonchev–Trinajstić information content (AvgIpc) is 2.78. The molecule has 0 aliphatic rings. The summed E-state index contributed by atoms with van der Waals surface area (Å²) < 4.78 is 5.71. The van der Waals surface area contributed by atoms with Crippen molar-refractivity contribution in [3.8, 4) is 0 Å². The molecule has 5 heteroatoms. The second kappa shape index (κ2) is 23.1. The van der Waals surface area contributed by atoms with Crippen molar-refractivity contribution in [1.29, 1.82) is 0 Å². The fraction of sp³-hybridized carbons (Fsp3) is 0.926. The summed E-state index contributed by atoms with van der Waals surface area (Å²) in [7, 11) is 0. The molecular weight excluding hydrogens is 400 g/mol. The molecule has 2 amide bonds. The van der Waals surface area contributed by atoms with Crippen molar-refractivity contribution in [1.82, 2.24) is 4.90 Å². The average molecular weight is 455 g/mol. The number of hydrogen-bond donors (Lipinski definition) is 1. The number of carbonyl (C=O) groups excluding carboxylic acids is 2. The quantitative estimate of drug-likeness (QED) is 0.129. The highest BCUT2D eigenvalue weighted by Gasteiger charge is 2.29. The van der Waals surface area contributed by atoms with Crippen LogP contribution >= 0.6 is 0 Å². The Morgan fingerprint density at radius 1 is 0.625 bits per heavy atom. The number of unbranched alkanes of at least 4 members (excludes halogenated alkanes) is 15. The molecule has 0 saturated carbocycles. The summed E-state index contributed by atoms with van der Waals surface area (Å²) in [6, 6.07) is 0. The third-order valence-electron chi connectivity index (χ3n) is 6.14. The summed E-state index contributed by atoms with van der Waals surface area (Å²) >= 11 is 0. The van der Waals surface area contributed by atoms with Crippen LogP contribution in [0.4, 0.5) is 0 Å². The smallest absolute Gasteiger partial charge is 0.261 e. The molecule has 2 N–H and O–H groups in total. The monoisotopic (exact) mass is 454 g/mol. The molecule has 1 unspecified atom stereocenters. The van der Waals surface area contributed by atoms with Gasteiger partial charge in [-0.3, -0.25) is 9.59 Å². The number of primary amides is 1. The maximum absolute atomic E-state index is 13.1. The molecule has 0 spiro atoms. The summed E-state index contributed by atoms with van der Waals surface area (Å²) in [6.07, 6.45) is 19.9. The summed E-state index contributed by atoms with van der Waals surface area (Å²) in [5.74, 6) is -0.887. The van der Waals surface area contributed by atoms with Crippen LogP contribution in [0.1, 0.15) is 136 Å². The summed E-state index contributed by atoms with van der Waals surface area (Å²) in [5, 5.41) is 0. The molecule has 0 bridgehead atoms. The van der Waals surface area contributed by atoms with Crippen LogP contribution in [0.15, 0.2) is 0 Å². The largest absolute Gasteiger partial charge is 0.367 e. The van der Waals surface area contributed by atoms with Gasteiger partial charge < -0.3 is 15.4 Å². The highest BCUT2D eigenvalue weighted by atomic mass is 16.5. The Labute approximate surface area is 199 Å². The molecule has 5 nitrogen and oxygen atoms in total. The van der Waals surface area contributed by atoms with Crippen LogP contribution in [0.2, 0.25) is 0 Å². The van der Waals surface area contributed by atoms with Gasteiger partial charge in [0.1, 0.15) is 0 Å². The third-order valence-corrected chi connectivity index (χ3v) is 6.14. The van der Waals surface area contributed by atoms with Crippen molar-refractivity contribution in [3.63, 3.8) is 0 Å². The highest BCUT2D eigenvalue weighted by Crippen LogP contribution is 2.12. The molecule has 0 saturated heterocycles. The molecule has 0 aromatic carbocycles. The number of rotatable bonds is 24. The maximum atomic E-state index is 13.1. The highest BCUT2D eigenvalue weighted by molar-refractivity contribution is 6.02. The molecule has 0 heterocycles. The van der Waals surface area contributed by atoms with E-state index < -0.39 is 12.0 Å². The van der Waals surface area contributed by atoms with E-state index >= 15 is 0 Å². The zero-order valence-corrected chi connectivity index (χ0v) is 21.7. The molecule has 32 heavy (non-hydrogen) atoms. The van der Waals surface area contributed by atoms with Crippen molar-refractivity contribution in [2.45, 2.75) is 142 Å². The van der Waals surface area contributed by atoms with Gasteiger partial charge in [-0.1, -0.05) is 117 Å². The topological polar surface area (TPSA) is 72.6 Å². The number of nitrogens with zero attached hydrogens (tertiary/aromatic N) is 1. The van der Waals surface area contributed by atoms with Gasteiger partial charge in [-0.05, 0) is 19.3 Å². The lowest BCUT2D eigenvalue weighted by atomic mass is 10.1. The Morgan fingerprint density at radius 3 is 1.41 bits per heavy atom. The fourth-order valence-corrected chi connectivity index (χ4v) is 4.02. The van der Waals surface area contributed by atoms with E-state index in [0.717, 1.165) is 38.5 Å². The minimum absolute atomic E-state index is 0.231. The predicted molar refractivity (Wildman–Crippen MR) is 136 cm³/mol. The van der Waals surface area contributed by atoms with Gasteiger partial charge in [-0.25, -0.2) is 0 Å². The van der Waals surface area contributed by atoms with Crippen LogP contribution in [0.3, 0.4) is 0 Å². The van der Waals surface area contributed by atoms with Crippen LogP contribution in [-0.2, 0) is 14.3 Å². The van der Waals surface area contributed by atoms with E-state index in [1.807, 2.05) is 4.90 Å². The lowest BCUT2D eigenvalue weighted by Crippen LogP contribution is -2.48. The molecule has 0 aromatic rings. The Balaban J connectivity index is 4.57. The van der Waals surface area contributed by atoms with E-state index in [0.29, 0.717) is 19.7 Å². The number of carbonyl (C=O) groups is 2. The van der Waals surface area contributed by atoms with E-state index in [1.165, 1.54) is 77.0 Å². The lowest BCUT2D eigenvalue weighted by Gasteiger charge is -2.26. The van der Waals surface area contributed by atoms with Crippen molar-refractivity contribution >= 4 is 11.8 Å². The van der Waals surface area contributed by atoms with Gasteiger partial charge in [-0.15, -0.1) is 0 Å². The summed E-state index contributed by atoms with van der Waals surface area (Å²) in [5.41, 5.74) is 5.56. The minimum Gasteiger partial charge on any atom is -0.367 e. The standard InChI is InChI=1S/C27H54N2O3/c1-4-7-10-13-16-19-22-29(23-20-17-14-11-8-5-2)27(31)25(26(28)30)32-24-21-18-15-12-9-6-3/h25H,4-24H2,1-3H3,(H2,28,30). The van der Waals surface area contributed by atoms with Gasteiger partial charge in [0.15, 0.2) is 0 Å². The molecule has 0 rings (SSSR count). The van der Waals surface area contributed by atoms with Gasteiger partial charge in [0.2, 0.25) is 6.10 Å². The molecule has 0 aliphatic heterocycles. The summed E-state index contributed by atoms with van der Waals surface area (Å²) in [4.78, 5) is 27.0. The second-order valence-electron chi connectivity index (χ2n) is 9.28. The lowest BCUT2D eigenvalue weighted by molar-refractivity contribution is -0.151. The zero-order valence-electron chi connectivity index (χ0n) is 21.7.